The Morgan fingerprint density at radius 1 is 0.263 bits per heavy atom. The molecule has 0 aliphatic carbocycles. The molecule has 23 N–H and O–H groups in total. The van der Waals surface area contributed by atoms with Gasteiger partial charge in [0.05, 0.1) is 0 Å². The van der Waals surface area contributed by atoms with Crippen molar-refractivity contribution in [3.63, 3.8) is 0 Å². The molecule has 3 amide bonds. The maximum atomic E-state index is 11.7. The van der Waals surface area contributed by atoms with Gasteiger partial charge in [0, 0.05) is 75.6 Å². The van der Waals surface area contributed by atoms with Crippen LogP contribution in [0, 0.1) is 0 Å². The third-order valence-corrected chi connectivity index (χ3v) is 16.7. The maximum Gasteiger partial charge on any atom is 0.407 e. The second-order valence-electron chi connectivity index (χ2n) is 31.6. The highest BCUT2D eigenvalue weighted by Gasteiger charge is 2.18. The van der Waals surface area contributed by atoms with Crippen LogP contribution in [0.1, 0.15) is 249 Å². The Morgan fingerprint density at radius 3 is 0.675 bits per heavy atom. The molecule has 0 fully saturated rings. The van der Waals surface area contributed by atoms with Gasteiger partial charge in [0.2, 0.25) is 0 Å². The fraction of sp³-hybridized carbons (Fsp3) is 0.721. The lowest BCUT2D eigenvalue weighted by Crippen LogP contribution is -2.34. The number of nitrogens with one attached hydrogen (secondary N) is 15. The van der Waals surface area contributed by atoms with Gasteiger partial charge in [-0.2, -0.15) is 0 Å². The second kappa shape index (κ2) is 74.4. The number of hydrogen-bond acceptors (Lipinski definition) is 25. The number of alkyl carbamates (subject to hydrolysis) is 3. The summed E-state index contributed by atoms with van der Waals surface area (Å²) in [5, 5.41) is 50.8. The first-order valence-corrected chi connectivity index (χ1v) is 42.9. The Bertz CT molecular complexity index is 2600. The van der Waals surface area contributed by atoms with Gasteiger partial charge in [0.1, 0.15) is 35.7 Å². The van der Waals surface area contributed by atoms with E-state index in [1.54, 1.807) is 0 Å². The van der Waals surface area contributed by atoms with E-state index in [0.29, 0.717) is 55.2 Å². The number of amides is 3. The molecule has 0 saturated carbocycles. The van der Waals surface area contributed by atoms with Crippen LogP contribution < -0.4 is 103 Å². The van der Waals surface area contributed by atoms with Gasteiger partial charge < -0.3 is 117 Å². The number of rotatable bonds is 66. The van der Waals surface area contributed by atoms with E-state index in [9.17, 15) is 28.8 Å². The number of nitrogens with two attached hydrogens (primary N) is 4. The normalized spacial score (nSPS) is 11.3. The fourth-order valence-corrected chi connectivity index (χ4v) is 11.1. The third kappa shape index (κ3) is 73.5. The predicted octanol–water partition coefficient (Wildman–Crippen LogP) is 8.01. The molecule has 0 radical (unpaired) electrons. The molecule has 0 unspecified atom stereocenters. The SMILES string of the molecule is CC(C)(C)OC(=O)NCCCCCCCN.CCCCNCCCNCc1cc(CNCCCNCCCNC(=O)OC(C)(C)C)cc(CNCCCNCCCNC(=O)OC(C)(C)C)c1.NCCCNCCCNCc1cc(CNCCCNCCCN)cc(CNCCCNCCCN)c1.O=Cc1cc(C=O)cc(C=O)c1. The van der Waals surface area contributed by atoms with Crippen molar-refractivity contribution >= 4 is 37.1 Å². The lowest BCUT2D eigenvalue weighted by atomic mass is 10.0. The Morgan fingerprint density at radius 2 is 0.456 bits per heavy atom. The molecule has 28 nitrogen and oxygen atoms in total. The number of carbonyl (C=O) groups excluding carboxylic acids is 6. The van der Waals surface area contributed by atoms with Crippen molar-refractivity contribution < 1.29 is 43.0 Å². The minimum Gasteiger partial charge on any atom is -0.444 e. The molecule has 3 aromatic carbocycles. The second-order valence-corrected chi connectivity index (χ2v) is 31.6. The molecule has 0 aliphatic heterocycles. The Kier molecular flexibility index (Phi) is 70.4. The molecule has 0 bridgehead atoms. The summed E-state index contributed by atoms with van der Waals surface area (Å²) in [5.41, 5.74) is 29.7. The van der Waals surface area contributed by atoms with Crippen LogP contribution >= 0.6 is 0 Å². The molecule has 0 aromatic heterocycles. The van der Waals surface area contributed by atoms with Gasteiger partial charge in [-0.05, 0) is 348 Å². The van der Waals surface area contributed by atoms with Crippen molar-refractivity contribution in [2.24, 2.45) is 22.9 Å². The first kappa shape index (κ1) is 108. The monoisotopic (exact) mass is 1610 g/mol. The average molecular weight is 1610 g/mol. The van der Waals surface area contributed by atoms with E-state index in [4.69, 9.17) is 37.1 Å². The first-order chi connectivity index (χ1) is 54.9. The largest absolute Gasteiger partial charge is 0.444 e. The number of hydrogen-bond donors (Lipinski definition) is 19. The minimum absolute atomic E-state index is 0.325. The smallest absolute Gasteiger partial charge is 0.407 e. The number of ether oxygens (including phenoxy) is 3. The summed E-state index contributed by atoms with van der Waals surface area (Å²) in [6.07, 6.45) is 20.3. The zero-order valence-corrected chi connectivity index (χ0v) is 72.6. The molecule has 656 valence electrons. The molecule has 28 heteroatoms. The van der Waals surface area contributed by atoms with Crippen LogP contribution in [0.25, 0.3) is 0 Å². The van der Waals surface area contributed by atoms with Crippen LogP contribution in [0.5, 0.6) is 0 Å². The number of benzene rings is 3. The van der Waals surface area contributed by atoms with E-state index in [1.165, 1.54) is 77.3 Å². The van der Waals surface area contributed by atoms with Gasteiger partial charge in [-0.25, -0.2) is 14.4 Å². The third-order valence-electron chi connectivity index (χ3n) is 16.7. The van der Waals surface area contributed by atoms with Crippen LogP contribution in [-0.4, -0.2) is 218 Å². The van der Waals surface area contributed by atoms with Gasteiger partial charge in [-0.1, -0.05) is 69.0 Å². The lowest BCUT2D eigenvalue weighted by Gasteiger charge is -2.19. The Balaban J connectivity index is 0.00000171. The molecule has 0 heterocycles. The standard InChI is InChI=1S/C38H74N8O4.C27H57N9.C12H26N2O2.C9H6O3/c1-8-9-15-39-16-10-21-42-29-32-26-33(30-43-22-11-17-40-19-13-24-45-35(47)49-37(2,3)4)28-34(27-32)31-44-23-12-18-41-20-14-25-46-36(48)50-38(5,6)7;28-7-1-10-31-13-4-16-34-22-25-19-26(23-35-17-5-14-32-11-2-8-29)21-27(20-25)24-36-18-6-15-33-12-3-9-30;1-12(2,3)16-11(15)14-10-8-6-4-5-7-9-13;10-4-7-1-8(5-11)3-9(2-7)6-12/h26-28,39-44H,8-25,29-31H2,1-7H3,(H,45,47)(H,46,48);19-21,31-36H,1-18,22-24,28-30H2;4-10,13H2,1-3H3,(H,14,15);1-6H. The number of aldehydes is 3. The molecular weight excluding hydrogens is 1440 g/mol. The molecule has 0 aliphatic rings. The number of unbranched alkanes of at least 4 members (excludes halogenated alkanes) is 5. The van der Waals surface area contributed by atoms with Crippen molar-refractivity contribution in [1.29, 1.82) is 0 Å². The van der Waals surface area contributed by atoms with Gasteiger partial charge >= 0.3 is 18.3 Å². The maximum absolute atomic E-state index is 11.7. The van der Waals surface area contributed by atoms with Gasteiger partial charge in [0.15, 0.2) is 0 Å². The fourth-order valence-electron chi connectivity index (χ4n) is 11.1. The van der Waals surface area contributed by atoms with Gasteiger partial charge in [-0.15, -0.1) is 0 Å². The Labute approximate surface area is 688 Å². The lowest BCUT2D eigenvalue weighted by molar-refractivity contribution is 0.0515. The molecule has 3 aromatic rings. The highest BCUT2D eigenvalue weighted by molar-refractivity contribution is 5.87. The summed E-state index contributed by atoms with van der Waals surface area (Å²) in [4.78, 5) is 65.6. The van der Waals surface area contributed by atoms with E-state index in [-0.39, 0.29) is 18.3 Å². The van der Waals surface area contributed by atoms with Crippen LogP contribution in [0.2, 0.25) is 0 Å². The zero-order chi connectivity index (χ0) is 84.3. The molecule has 0 spiro atoms. The summed E-state index contributed by atoms with van der Waals surface area (Å²) in [7, 11) is 0. The molecular formula is C86H163N19O9. The van der Waals surface area contributed by atoms with Crippen molar-refractivity contribution in [2.75, 3.05) is 164 Å². The van der Waals surface area contributed by atoms with E-state index >= 15 is 0 Å². The van der Waals surface area contributed by atoms with Crippen LogP contribution in [0.15, 0.2) is 54.6 Å². The van der Waals surface area contributed by atoms with Crippen molar-refractivity contribution in [2.45, 2.75) is 241 Å². The molecule has 114 heavy (non-hydrogen) atoms. The summed E-state index contributed by atoms with van der Waals surface area (Å²) in [6.45, 7) is 47.0. The summed E-state index contributed by atoms with van der Waals surface area (Å²) >= 11 is 0. The van der Waals surface area contributed by atoms with Gasteiger partial charge in [-0.3, -0.25) is 14.4 Å². The van der Waals surface area contributed by atoms with E-state index < -0.39 is 16.8 Å². The topological polar surface area (TPSA) is 415 Å². The van der Waals surface area contributed by atoms with Crippen LogP contribution in [-0.2, 0) is 53.5 Å². The van der Waals surface area contributed by atoms with Gasteiger partial charge in [0.25, 0.3) is 0 Å². The van der Waals surface area contributed by atoms with E-state index in [0.717, 1.165) is 273 Å². The molecule has 0 atom stereocenters. The highest BCUT2D eigenvalue weighted by Crippen LogP contribution is 2.15. The van der Waals surface area contributed by atoms with Crippen molar-refractivity contribution in [3.05, 3.63) is 105 Å². The molecule has 0 saturated heterocycles. The zero-order valence-electron chi connectivity index (χ0n) is 72.6. The summed E-state index contributed by atoms with van der Waals surface area (Å²) in [5.74, 6) is 0. The molecule has 3 rings (SSSR count). The summed E-state index contributed by atoms with van der Waals surface area (Å²) < 4.78 is 15.6. The predicted molar refractivity (Wildman–Crippen MR) is 471 cm³/mol. The van der Waals surface area contributed by atoms with Crippen molar-refractivity contribution in [3.8, 4) is 0 Å². The Hall–Kier alpha value is -6.16. The average Bonchev–Trinajstić information content (AvgIpc) is 0.915. The minimum atomic E-state index is -0.470. The first-order valence-electron chi connectivity index (χ1n) is 42.9. The summed E-state index contributed by atoms with van der Waals surface area (Å²) in [6, 6.07) is 18.2. The number of carbonyl (C=O) groups is 6. The van der Waals surface area contributed by atoms with E-state index in [2.05, 4.69) is 123 Å². The quantitative estimate of drug-likeness (QED) is 0.0144. The van der Waals surface area contributed by atoms with Crippen molar-refractivity contribution in [1.82, 2.24) is 79.8 Å². The van der Waals surface area contributed by atoms with E-state index in [1.807, 2.05) is 62.3 Å². The highest BCUT2D eigenvalue weighted by atomic mass is 16.6. The van der Waals surface area contributed by atoms with Crippen LogP contribution in [0.4, 0.5) is 14.4 Å². The van der Waals surface area contributed by atoms with Crippen LogP contribution in [0.3, 0.4) is 0 Å².